The van der Waals surface area contributed by atoms with Crippen LogP contribution in [0.5, 0.6) is 17.2 Å². The Balaban J connectivity index is 1.25. The van der Waals surface area contributed by atoms with Crippen molar-refractivity contribution in [2.24, 2.45) is 5.16 Å². The van der Waals surface area contributed by atoms with E-state index in [0.717, 1.165) is 16.9 Å². The maximum atomic E-state index is 12.5. The highest BCUT2D eigenvalue weighted by molar-refractivity contribution is 5.99. The highest BCUT2D eigenvalue weighted by atomic mass is 16.7. The first-order valence-corrected chi connectivity index (χ1v) is 10.3. The smallest absolute Gasteiger partial charge is 0.347 e. The van der Waals surface area contributed by atoms with Gasteiger partial charge in [-0.2, -0.15) is 0 Å². The second-order valence-corrected chi connectivity index (χ2v) is 7.39. The SMILES string of the molecule is C/C(=N\OCC(=O)OC(C)C(=O)NC1CCOc2ccccc21)c1ccc2c(c1)OCO2. The standard InChI is InChI=1S/C23H24N2O7/c1-14(16-7-8-20-21(11-16)30-13-29-20)25-31-12-22(26)32-15(2)23(27)24-18-9-10-28-19-6-4-3-5-17(18)19/h3-8,11,15,18H,9-10,12-13H2,1-2H3,(H,24,27)/b25-14+. The molecule has 0 fully saturated rings. The van der Waals surface area contributed by atoms with Crippen LogP contribution in [0.1, 0.15) is 37.4 Å². The molecule has 9 heteroatoms. The van der Waals surface area contributed by atoms with Gasteiger partial charge in [0.15, 0.2) is 17.6 Å². The van der Waals surface area contributed by atoms with E-state index in [1.54, 1.807) is 19.1 Å². The number of fused-ring (bicyclic) bond motifs is 2. The molecule has 0 bridgehead atoms. The van der Waals surface area contributed by atoms with E-state index >= 15 is 0 Å². The van der Waals surface area contributed by atoms with E-state index in [9.17, 15) is 9.59 Å². The lowest BCUT2D eigenvalue weighted by Gasteiger charge is -2.27. The molecule has 1 amide bonds. The van der Waals surface area contributed by atoms with Crippen LogP contribution in [0.2, 0.25) is 0 Å². The molecule has 2 atom stereocenters. The zero-order valence-corrected chi connectivity index (χ0v) is 17.8. The van der Waals surface area contributed by atoms with Gasteiger partial charge in [0, 0.05) is 17.5 Å². The van der Waals surface area contributed by atoms with E-state index in [-0.39, 0.29) is 18.7 Å². The Morgan fingerprint density at radius 3 is 2.81 bits per heavy atom. The summed E-state index contributed by atoms with van der Waals surface area (Å²) in [7, 11) is 0. The molecule has 0 aliphatic carbocycles. The number of carbonyl (C=O) groups excluding carboxylic acids is 2. The van der Waals surface area contributed by atoms with Crippen molar-refractivity contribution in [2.75, 3.05) is 20.0 Å². The zero-order valence-electron chi connectivity index (χ0n) is 17.8. The van der Waals surface area contributed by atoms with Gasteiger partial charge < -0.3 is 29.1 Å². The average Bonchev–Trinajstić information content (AvgIpc) is 3.27. The van der Waals surface area contributed by atoms with E-state index in [1.807, 2.05) is 30.3 Å². The fourth-order valence-electron chi connectivity index (χ4n) is 3.42. The number of para-hydroxylation sites is 1. The molecular weight excluding hydrogens is 416 g/mol. The molecule has 2 aromatic rings. The number of hydrogen-bond donors (Lipinski definition) is 1. The van der Waals surface area contributed by atoms with Gasteiger partial charge in [-0.3, -0.25) is 4.79 Å². The molecule has 32 heavy (non-hydrogen) atoms. The third-order valence-corrected chi connectivity index (χ3v) is 5.13. The number of carbonyl (C=O) groups is 2. The normalized spacial score (nSPS) is 17.6. The summed E-state index contributed by atoms with van der Waals surface area (Å²) in [4.78, 5) is 29.7. The summed E-state index contributed by atoms with van der Waals surface area (Å²) in [6.45, 7) is 3.53. The van der Waals surface area contributed by atoms with Crippen LogP contribution >= 0.6 is 0 Å². The minimum absolute atomic E-state index is 0.185. The minimum Gasteiger partial charge on any atom is -0.493 e. The molecule has 1 N–H and O–H groups in total. The maximum absolute atomic E-state index is 12.5. The van der Waals surface area contributed by atoms with Gasteiger partial charge in [0.1, 0.15) is 5.75 Å². The number of benzene rings is 2. The molecule has 2 heterocycles. The molecule has 2 aromatic carbocycles. The number of amides is 1. The van der Waals surface area contributed by atoms with E-state index in [2.05, 4.69) is 10.5 Å². The summed E-state index contributed by atoms with van der Waals surface area (Å²) in [6, 6.07) is 12.7. The molecule has 2 aliphatic heterocycles. The molecule has 2 unspecified atom stereocenters. The maximum Gasteiger partial charge on any atom is 0.347 e. The Morgan fingerprint density at radius 1 is 1.12 bits per heavy atom. The van der Waals surface area contributed by atoms with Gasteiger partial charge in [-0.25, -0.2) is 4.79 Å². The van der Waals surface area contributed by atoms with Crippen molar-refractivity contribution in [3.63, 3.8) is 0 Å². The van der Waals surface area contributed by atoms with Gasteiger partial charge in [-0.05, 0) is 38.1 Å². The number of rotatable bonds is 7. The summed E-state index contributed by atoms with van der Waals surface area (Å²) in [5.74, 6) is 0.964. The van der Waals surface area contributed by atoms with Crippen molar-refractivity contribution in [3.05, 3.63) is 53.6 Å². The lowest BCUT2D eigenvalue weighted by molar-refractivity contribution is -0.159. The second kappa shape index (κ2) is 9.59. The Labute approximate surface area is 185 Å². The molecule has 0 saturated carbocycles. The second-order valence-electron chi connectivity index (χ2n) is 7.39. The predicted octanol–water partition coefficient (Wildman–Crippen LogP) is 2.73. The van der Waals surface area contributed by atoms with E-state index in [4.69, 9.17) is 23.8 Å². The summed E-state index contributed by atoms with van der Waals surface area (Å²) in [5, 5.41) is 6.85. The van der Waals surface area contributed by atoms with Crippen LogP contribution in [0.4, 0.5) is 0 Å². The van der Waals surface area contributed by atoms with Crippen molar-refractivity contribution in [1.82, 2.24) is 5.32 Å². The number of ether oxygens (including phenoxy) is 4. The highest BCUT2D eigenvalue weighted by Crippen LogP contribution is 2.33. The van der Waals surface area contributed by atoms with Crippen LogP contribution in [0.3, 0.4) is 0 Å². The van der Waals surface area contributed by atoms with Crippen LogP contribution in [0.25, 0.3) is 0 Å². The molecule has 0 aromatic heterocycles. The first-order valence-electron chi connectivity index (χ1n) is 10.3. The van der Waals surface area contributed by atoms with Crippen molar-refractivity contribution < 1.29 is 33.4 Å². The number of esters is 1. The number of nitrogens with zero attached hydrogens (tertiary/aromatic N) is 1. The van der Waals surface area contributed by atoms with Gasteiger partial charge in [-0.1, -0.05) is 23.4 Å². The van der Waals surface area contributed by atoms with Gasteiger partial charge >= 0.3 is 5.97 Å². The van der Waals surface area contributed by atoms with Crippen molar-refractivity contribution in [3.8, 4) is 17.2 Å². The molecule has 4 rings (SSSR count). The Hall–Kier alpha value is -3.75. The quantitative estimate of drug-likeness (QED) is 0.401. The first-order chi connectivity index (χ1) is 15.5. The Morgan fingerprint density at radius 2 is 1.94 bits per heavy atom. The van der Waals surface area contributed by atoms with Gasteiger partial charge in [0.25, 0.3) is 5.91 Å². The minimum atomic E-state index is -0.972. The lowest BCUT2D eigenvalue weighted by atomic mass is 10.0. The molecule has 168 valence electrons. The monoisotopic (exact) mass is 440 g/mol. The molecule has 0 spiro atoms. The predicted molar refractivity (Wildman–Crippen MR) is 114 cm³/mol. The lowest BCUT2D eigenvalue weighted by Crippen LogP contribution is -2.40. The summed E-state index contributed by atoms with van der Waals surface area (Å²) >= 11 is 0. The van der Waals surface area contributed by atoms with Crippen molar-refractivity contribution in [1.29, 1.82) is 0 Å². The van der Waals surface area contributed by atoms with Crippen molar-refractivity contribution >= 4 is 17.6 Å². The topological polar surface area (TPSA) is 105 Å². The highest BCUT2D eigenvalue weighted by Gasteiger charge is 2.26. The van der Waals surface area contributed by atoms with Crippen LogP contribution in [-0.4, -0.2) is 43.7 Å². The Kier molecular flexibility index (Phi) is 6.44. The molecule has 9 nitrogen and oxygen atoms in total. The third-order valence-electron chi connectivity index (χ3n) is 5.13. The van der Waals surface area contributed by atoms with Crippen LogP contribution in [0, 0.1) is 0 Å². The summed E-state index contributed by atoms with van der Waals surface area (Å²) in [5.41, 5.74) is 2.23. The summed E-state index contributed by atoms with van der Waals surface area (Å²) < 4.78 is 21.4. The van der Waals surface area contributed by atoms with Gasteiger partial charge in [-0.15, -0.1) is 0 Å². The molecule has 0 saturated heterocycles. The average molecular weight is 440 g/mol. The van der Waals surface area contributed by atoms with E-state index < -0.39 is 18.7 Å². The fourth-order valence-corrected chi connectivity index (χ4v) is 3.42. The zero-order chi connectivity index (χ0) is 22.5. The van der Waals surface area contributed by atoms with E-state index in [0.29, 0.717) is 30.2 Å². The number of nitrogens with one attached hydrogen (secondary N) is 1. The first kappa shape index (κ1) is 21.5. The molecule has 0 radical (unpaired) electrons. The number of oxime groups is 1. The summed E-state index contributed by atoms with van der Waals surface area (Å²) in [6.07, 6.45) is -0.333. The van der Waals surface area contributed by atoms with Crippen LogP contribution in [0.15, 0.2) is 47.6 Å². The van der Waals surface area contributed by atoms with Crippen molar-refractivity contribution in [2.45, 2.75) is 32.4 Å². The Bertz CT molecular complexity index is 1040. The van der Waals surface area contributed by atoms with Gasteiger partial charge in [0.05, 0.1) is 18.4 Å². The van der Waals surface area contributed by atoms with E-state index in [1.165, 1.54) is 6.92 Å². The third kappa shape index (κ3) is 4.93. The molecule has 2 aliphatic rings. The fraction of sp³-hybridized carbons (Fsp3) is 0.348. The number of hydrogen-bond acceptors (Lipinski definition) is 8. The molecular formula is C23H24N2O7. The van der Waals surface area contributed by atoms with Crippen LogP contribution in [-0.2, 0) is 19.2 Å². The largest absolute Gasteiger partial charge is 0.493 e. The van der Waals surface area contributed by atoms with Crippen LogP contribution < -0.4 is 19.5 Å². The van der Waals surface area contributed by atoms with Gasteiger partial charge in [0.2, 0.25) is 13.4 Å².